The number of fused-ring (bicyclic) bond motifs is 1. The fourth-order valence-electron chi connectivity index (χ4n) is 4.51. The molecule has 2 heterocycles. The molecule has 0 bridgehead atoms. The van der Waals surface area contributed by atoms with E-state index in [1.54, 1.807) is 22.8 Å². The van der Waals surface area contributed by atoms with Crippen LogP contribution in [-0.2, 0) is 19.5 Å². The summed E-state index contributed by atoms with van der Waals surface area (Å²) in [7, 11) is 1.62. The zero-order chi connectivity index (χ0) is 24.9. The Morgan fingerprint density at radius 3 is 2.42 bits per heavy atom. The van der Waals surface area contributed by atoms with Gasteiger partial charge in [0.05, 0.1) is 19.7 Å². The zero-order valence-electron chi connectivity index (χ0n) is 20.1. The quantitative estimate of drug-likeness (QED) is 0.409. The Hall–Kier alpha value is -4.39. The van der Waals surface area contributed by atoms with Crippen molar-refractivity contribution in [3.8, 4) is 5.75 Å². The summed E-state index contributed by atoms with van der Waals surface area (Å²) in [4.78, 5) is 28.2. The average Bonchev–Trinajstić information content (AvgIpc) is 3.37. The smallest absolute Gasteiger partial charge is 0.272 e. The van der Waals surface area contributed by atoms with Crippen LogP contribution in [0.3, 0.4) is 0 Å². The molecule has 1 aliphatic heterocycles. The monoisotopic (exact) mass is 480 g/mol. The van der Waals surface area contributed by atoms with Gasteiger partial charge >= 0.3 is 0 Å². The Balaban J connectivity index is 1.32. The maximum absolute atomic E-state index is 13.3. The molecule has 7 heteroatoms. The topological polar surface area (TPSA) is 76.5 Å². The molecule has 0 fully saturated rings. The molecule has 7 nitrogen and oxygen atoms in total. The Labute approximate surface area is 210 Å². The minimum Gasteiger partial charge on any atom is -0.497 e. The highest BCUT2D eigenvalue weighted by molar-refractivity contribution is 5.98. The predicted molar refractivity (Wildman–Crippen MR) is 137 cm³/mol. The van der Waals surface area contributed by atoms with E-state index in [2.05, 4.69) is 10.4 Å². The fourth-order valence-corrected chi connectivity index (χ4v) is 4.51. The Morgan fingerprint density at radius 1 is 0.944 bits per heavy atom. The molecule has 4 aromatic rings. The van der Waals surface area contributed by atoms with Crippen molar-refractivity contribution in [3.05, 3.63) is 119 Å². The zero-order valence-corrected chi connectivity index (χ0v) is 20.1. The second-order valence-electron chi connectivity index (χ2n) is 8.84. The summed E-state index contributed by atoms with van der Waals surface area (Å²) < 4.78 is 6.93. The standard InChI is InChI=1S/C29H28N4O3/c1-36-24-14-8-11-22(17-24)20-32-15-16-33-27(29(32)35)19-26(31-33)28(34)30-25(23-12-6-3-7-13-23)18-21-9-4-2-5-10-21/h2-14,17,19,25H,15-16,18,20H2,1H3,(H,30,34)/t25-/m0/s1. The number of methoxy groups -OCH3 is 1. The van der Waals surface area contributed by atoms with Crippen molar-refractivity contribution in [1.29, 1.82) is 0 Å². The first-order chi connectivity index (χ1) is 17.6. The van der Waals surface area contributed by atoms with E-state index in [0.717, 1.165) is 22.4 Å². The van der Waals surface area contributed by atoms with Crippen LogP contribution in [0.2, 0.25) is 0 Å². The highest BCUT2D eigenvalue weighted by Gasteiger charge is 2.28. The summed E-state index contributed by atoms with van der Waals surface area (Å²) in [5, 5.41) is 7.59. The van der Waals surface area contributed by atoms with Crippen LogP contribution < -0.4 is 10.1 Å². The van der Waals surface area contributed by atoms with Crippen LogP contribution in [-0.4, -0.2) is 40.1 Å². The Morgan fingerprint density at radius 2 is 1.67 bits per heavy atom. The lowest BCUT2D eigenvalue weighted by Crippen LogP contribution is -2.39. The van der Waals surface area contributed by atoms with Gasteiger partial charge in [-0.3, -0.25) is 14.3 Å². The average molecular weight is 481 g/mol. The molecule has 0 spiro atoms. The lowest BCUT2D eigenvalue weighted by atomic mass is 9.98. The van der Waals surface area contributed by atoms with E-state index < -0.39 is 0 Å². The molecule has 182 valence electrons. The number of amides is 2. The van der Waals surface area contributed by atoms with Gasteiger partial charge < -0.3 is 15.0 Å². The molecule has 1 aliphatic rings. The molecule has 3 aromatic carbocycles. The molecule has 1 aromatic heterocycles. The summed E-state index contributed by atoms with van der Waals surface area (Å²) >= 11 is 0. The van der Waals surface area contributed by atoms with E-state index in [4.69, 9.17) is 4.74 Å². The number of ether oxygens (including phenoxy) is 1. The second kappa shape index (κ2) is 10.5. The maximum Gasteiger partial charge on any atom is 0.272 e. The molecule has 36 heavy (non-hydrogen) atoms. The third-order valence-electron chi connectivity index (χ3n) is 6.40. The summed E-state index contributed by atoms with van der Waals surface area (Å²) in [6.07, 6.45) is 0.650. The number of hydrogen-bond donors (Lipinski definition) is 1. The van der Waals surface area contributed by atoms with Gasteiger partial charge in [0.25, 0.3) is 11.8 Å². The maximum atomic E-state index is 13.3. The molecule has 2 amide bonds. The van der Waals surface area contributed by atoms with Crippen molar-refractivity contribution in [3.63, 3.8) is 0 Å². The van der Waals surface area contributed by atoms with Gasteiger partial charge in [-0.2, -0.15) is 5.10 Å². The first-order valence-corrected chi connectivity index (χ1v) is 12.0. The number of carbonyl (C=O) groups excluding carboxylic acids is 2. The second-order valence-corrected chi connectivity index (χ2v) is 8.84. The van der Waals surface area contributed by atoms with E-state index >= 15 is 0 Å². The van der Waals surface area contributed by atoms with E-state index in [1.165, 1.54) is 0 Å². The van der Waals surface area contributed by atoms with E-state index in [9.17, 15) is 9.59 Å². The number of carbonyl (C=O) groups is 2. The van der Waals surface area contributed by atoms with Crippen molar-refractivity contribution in [2.45, 2.75) is 25.6 Å². The van der Waals surface area contributed by atoms with Gasteiger partial charge in [-0.15, -0.1) is 0 Å². The van der Waals surface area contributed by atoms with Crippen LogP contribution in [0.1, 0.15) is 43.7 Å². The SMILES string of the molecule is COc1cccc(CN2CCn3nc(C(=O)N[C@@H](Cc4ccccc4)c4ccccc4)cc3C2=O)c1. The van der Waals surface area contributed by atoms with Crippen LogP contribution in [0.4, 0.5) is 0 Å². The van der Waals surface area contributed by atoms with Crippen molar-refractivity contribution in [1.82, 2.24) is 20.0 Å². The summed E-state index contributed by atoms with van der Waals surface area (Å²) in [6, 6.07) is 29.0. The number of hydrogen-bond acceptors (Lipinski definition) is 4. The normalized spacial score (nSPS) is 13.7. The first kappa shape index (κ1) is 23.4. The molecule has 0 unspecified atom stereocenters. The third-order valence-corrected chi connectivity index (χ3v) is 6.40. The summed E-state index contributed by atoms with van der Waals surface area (Å²) in [5.74, 6) is 0.317. The molecule has 0 saturated heterocycles. The first-order valence-electron chi connectivity index (χ1n) is 12.0. The molecular formula is C29H28N4O3. The van der Waals surface area contributed by atoms with E-state index in [-0.39, 0.29) is 23.6 Å². The molecule has 5 rings (SSSR count). The molecule has 1 atom stereocenters. The predicted octanol–water partition coefficient (Wildman–Crippen LogP) is 4.26. The van der Waals surface area contributed by atoms with Gasteiger partial charge in [-0.05, 0) is 35.2 Å². The van der Waals surface area contributed by atoms with Gasteiger partial charge in [0.2, 0.25) is 0 Å². The van der Waals surface area contributed by atoms with Crippen molar-refractivity contribution in [2.24, 2.45) is 0 Å². The highest BCUT2D eigenvalue weighted by Crippen LogP contribution is 2.21. The number of nitrogens with zero attached hydrogens (tertiary/aromatic N) is 3. The number of benzene rings is 3. The molecule has 0 saturated carbocycles. The molecular weight excluding hydrogens is 452 g/mol. The number of rotatable bonds is 8. The lowest BCUT2D eigenvalue weighted by molar-refractivity contribution is 0.0682. The van der Waals surface area contributed by atoms with Gasteiger partial charge in [0, 0.05) is 19.2 Å². The van der Waals surface area contributed by atoms with Crippen LogP contribution in [0.25, 0.3) is 0 Å². The largest absolute Gasteiger partial charge is 0.497 e. The molecule has 0 aliphatic carbocycles. The lowest BCUT2D eigenvalue weighted by Gasteiger charge is -2.27. The van der Waals surface area contributed by atoms with E-state index in [1.807, 2.05) is 84.9 Å². The number of nitrogens with one attached hydrogen (secondary N) is 1. The fraction of sp³-hybridized carbons (Fsp3) is 0.207. The summed E-state index contributed by atoms with van der Waals surface area (Å²) in [5.41, 5.74) is 3.79. The van der Waals surface area contributed by atoms with Crippen molar-refractivity contribution >= 4 is 11.8 Å². The van der Waals surface area contributed by atoms with Crippen LogP contribution in [0, 0.1) is 0 Å². The van der Waals surface area contributed by atoms with Crippen LogP contribution in [0.5, 0.6) is 5.75 Å². The van der Waals surface area contributed by atoms with Gasteiger partial charge in [-0.25, -0.2) is 0 Å². The van der Waals surface area contributed by atoms with E-state index in [0.29, 0.717) is 31.7 Å². The van der Waals surface area contributed by atoms with Crippen molar-refractivity contribution < 1.29 is 14.3 Å². The third kappa shape index (κ3) is 5.15. The van der Waals surface area contributed by atoms with Gasteiger partial charge in [-0.1, -0.05) is 72.8 Å². The van der Waals surface area contributed by atoms with Gasteiger partial charge in [0.15, 0.2) is 5.69 Å². The highest BCUT2D eigenvalue weighted by atomic mass is 16.5. The number of aromatic nitrogens is 2. The minimum atomic E-state index is -0.297. The minimum absolute atomic E-state index is 0.139. The Bertz CT molecular complexity index is 1350. The Kier molecular flexibility index (Phi) is 6.80. The van der Waals surface area contributed by atoms with Crippen molar-refractivity contribution in [2.75, 3.05) is 13.7 Å². The molecule has 0 radical (unpaired) electrons. The molecule has 1 N–H and O–H groups in total. The van der Waals surface area contributed by atoms with Crippen LogP contribution >= 0.6 is 0 Å². The summed E-state index contributed by atoms with van der Waals surface area (Å²) in [6.45, 7) is 1.52. The van der Waals surface area contributed by atoms with Crippen LogP contribution in [0.15, 0.2) is 91.0 Å². The van der Waals surface area contributed by atoms with Gasteiger partial charge in [0.1, 0.15) is 11.4 Å².